The Morgan fingerprint density at radius 1 is 1.53 bits per heavy atom. The molecule has 2 rings (SSSR count). The maximum atomic E-state index is 12.1. The van der Waals surface area contributed by atoms with Crippen molar-refractivity contribution in [3.8, 4) is 0 Å². The molecule has 1 unspecified atom stereocenters. The van der Waals surface area contributed by atoms with Gasteiger partial charge in [0.05, 0.1) is 0 Å². The van der Waals surface area contributed by atoms with E-state index in [4.69, 9.17) is 0 Å². The SMILES string of the molecule is CCNc1cc(C(=O)NCC2CCCS2)cc(C)n1. The van der Waals surface area contributed by atoms with Crippen LogP contribution < -0.4 is 10.6 Å². The van der Waals surface area contributed by atoms with Crippen molar-refractivity contribution < 1.29 is 4.79 Å². The highest BCUT2D eigenvalue weighted by molar-refractivity contribution is 8.00. The molecule has 0 radical (unpaired) electrons. The molecule has 0 bridgehead atoms. The van der Waals surface area contributed by atoms with Crippen molar-refractivity contribution in [2.45, 2.75) is 31.9 Å². The molecule has 1 aromatic rings. The minimum atomic E-state index is -0.00264. The van der Waals surface area contributed by atoms with Crippen LogP contribution in [0.4, 0.5) is 5.82 Å². The number of nitrogens with one attached hydrogen (secondary N) is 2. The number of nitrogens with zero attached hydrogens (tertiary/aromatic N) is 1. The molecule has 0 saturated carbocycles. The summed E-state index contributed by atoms with van der Waals surface area (Å²) in [5.41, 5.74) is 1.55. The van der Waals surface area contributed by atoms with Crippen molar-refractivity contribution in [1.82, 2.24) is 10.3 Å². The van der Waals surface area contributed by atoms with E-state index >= 15 is 0 Å². The van der Waals surface area contributed by atoms with Crippen LogP contribution in [0.2, 0.25) is 0 Å². The van der Waals surface area contributed by atoms with Crippen molar-refractivity contribution in [1.29, 1.82) is 0 Å². The van der Waals surface area contributed by atoms with Crippen LogP contribution >= 0.6 is 11.8 Å². The number of pyridine rings is 1. The van der Waals surface area contributed by atoms with E-state index in [1.54, 1.807) is 0 Å². The largest absolute Gasteiger partial charge is 0.370 e. The van der Waals surface area contributed by atoms with Crippen LogP contribution in [0, 0.1) is 6.92 Å². The van der Waals surface area contributed by atoms with Gasteiger partial charge in [0.1, 0.15) is 5.82 Å². The minimum absolute atomic E-state index is 0.00264. The first-order valence-electron chi connectivity index (χ1n) is 6.81. The maximum Gasteiger partial charge on any atom is 0.251 e. The van der Waals surface area contributed by atoms with Crippen LogP contribution in [0.25, 0.3) is 0 Å². The molecule has 1 atom stereocenters. The van der Waals surface area contributed by atoms with Gasteiger partial charge in [-0.3, -0.25) is 4.79 Å². The summed E-state index contributed by atoms with van der Waals surface area (Å²) < 4.78 is 0. The van der Waals surface area contributed by atoms with E-state index < -0.39 is 0 Å². The molecule has 104 valence electrons. The van der Waals surface area contributed by atoms with Crippen LogP contribution in [0.15, 0.2) is 12.1 Å². The average Bonchev–Trinajstić information content (AvgIpc) is 2.88. The Hall–Kier alpha value is -1.23. The molecule has 0 aromatic carbocycles. The second-order valence-corrected chi connectivity index (χ2v) is 6.17. The lowest BCUT2D eigenvalue weighted by atomic mass is 10.2. The number of amides is 1. The molecule has 2 heterocycles. The highest BCUT2D eigenvalue weighted by atomic mass is 32.2. The Kier molecular flexibility index (Phi) is 5.07. The topological polar surface area (TPSA) is 54.0 Å². The van der Waals surface area contributed by atoms with Crippen molar-refractivity contribution in [3.63, 3.8) is 0 Å². The van der Waals surface area contributed by atoms with Gasteiger partial charge in [-0.05, 0) is 44.6 Å². The summed E-state index contributed by atoms with van der Waals surface area (Å²) in [7, 11) is 0. The van der Waals surface area contributed by atoms with Gasteiger partial charge in [-0.2, -0.15) is 11.8 Å². The third-order valence-corrected chi connectivity index (χ3v) is 4.49. The van der Waals surface area contributed by atoms with Crippen molar-refractivity contribution in [2.75, 3.05) is 24.2 Å². The number of carbonyl (C=O) groups is 1. The zero-order valence-corrected chi connectivity index (χ0v) is 12.3. The lowest BCUT2D eigenvalue weighted by Crippen LogP contribution is -2.29. The van der Waals surface area contributed by atoms with E-state index in [-0.39, 0.29) is 5.91 Å². The first kappa shape index (κ1) is 14.2. The number of aromatic nitrogens is 1. The van der Waals surface area contributed by atoms with E-state index in [0.717, 1.165) is 24.6 Å². The Balaban J connectivity index is 1.97. The number of rotatable bonds is 5. The van der Waals surface area contributed by atoms with Crippen LogP contribution in [-0.2, 0) is 0 Å². The van der Waals surface area contributed by atoms with Gasteiger partial charge in [-0.25, -0.2) is 4.98 Å². The molecule has 5 heteroatoms. The standard InChI is InChI=1S/C14H21N3OS/c1-3-15-13-8-11(7-10(2)17-13)14(18)16-9-12-5-4-6-19-12/h7-8,12H,3-6,9H2,1-2H3,(H,15,17)(H,16,18). The third kappa shape index (κ3) is 4.13. The summed E-state index contributed by atoms with van der Waals surface area (Å²) in [6.07, 6.45) is 2.48. The molecule has 0 aliphatic carbocycles. The highest BCUT2D eigenvalue weighted by Gasteiger charge is 2.17. The lowest BCUT2D eigenvalue weighted by molar-refractivity contribution is 0.0953. The quantitative estimate of drug-likeness (QED) is 0.869. The summed E-state index contributed by atoms with van der Waals surface area (Å²) in [5.74, 6) is 1.99. The Morgan fingerprint density at radius 2 is 2.37 bits per heavy atom. The number of thioether (sulfide) groups is 1. The van der Waals surface area contributed by atoms with Crippen molar-refractivity contribution in [3.05, 3.63) is 23.4 Å². The van der Waals surface area contributed by atoms with Crippen LogP contribution in [0.5, 0.6) is 0 Å². The second-order valence-electron chi connectivity index (χ2n) is 4.76. The van der Waals surface area contributed by atoms with Gasteiger partial charge in [-0.15, -0.1) is 0 Å². The summed E-state index contributed by atoms with van der Waals surface area (Å²) >= 11 is 1.95. The molecule has 1 amide bonds. The van der Waals surface area contributed by atoms with Crippen LogP contribution in [-0.4, -0.2) is 35.0 Å². The number of anilines is 1. The fourth-order valence-electron chi connectivity index (χ4n) is 2.19. The average molecular weight is 279 g/mol. The van der Waals surface area contributed by atoms with Crippen molar-refractivity contribution in [2.24, 2.45) is 0 Å². The van der Waals surface area contributed by atoms with Gasteiger partial charge in [-0.1, -0.05) is 0 Å². The molecule has 1 aliphatic heterocycles. The molecule has 1 saturated heterocycles. The first-order valence-corrected chi connectivity index (χ1v) is 7.86. The number of hydrogen-bond donors (Lipinski definition) is 2. The zero-order chi connectivity index (χ0) is 13.7. The van der Waals surface area contributed by atoms with Gasteiger partial charge in [0.25, 0.3) is 5.91 Å². The summed E-state index contributed by atoms with van der Waals surface area (Å²) in [5, 5.41) is 6.75. The molecular weight excluding hydrogens is 258 g/mol. The maximum absolute atomic E-state index is 12.1. The van der Waals surface area contributed by atoms with Crippen LogP contribution in [0.3, 0.4) is 0 Å². The third-order valence-electron chi connectivity index (χ3n) is 3.09. The predicted molar refractivity (Wildman–Crippen MR) is 81.0 cm³/mol. The number of aryl methyl sites for hydroxylation is 1. The monoisotopic (exact) mass is 279 g/mol. The minimum Gasteiger partial charge on any atom is -0.370 e. The zero-order valence-electron chi connectivity index (χ0n) is 11.5. The summed E-state index contributed by atoms with van der Waals surface area (Å²) in [6.45, 7) is 5.49. The van der Waals surface area contributed by atoms with Crippen molar-refractivity contribution >= 4 is 23.5 Å². The molecular formula is C14H21N3OS. The fourth-order valence-corrected chi connectivity index (χ4v) is 3.39. The molecule has 2 N–H and O–H groups in total. The van der Waals surface area contributed by atoms with E-state index in [2.05, 4.69) is 15.6 Å². The Labute approximate surface area is 118 Å². The molecule has 0 spiro atoms. The van der Waals surface area contributed by atoms with E-state index in [1.807, 2.05) is 37.7 Å². The normalized spacial score (nSPS) is 18.3. The highest BCUT2D eigenvalue weighted by Crippen LogP contribution is 2.25. The van der Waals surface area contributed by atoms with E-state index in [9.17, 15) is 4.79 Å². The van der Waals surface area contributed by atoms with E-state index in [0.29, 0.717) is 10.8 Å². The van der Waals surface area contributed by atoms with E-state index in [1.165, 1.54) is 18.6 Å². The van der Waals surface area contributed by atoms with Crippen LogP contribution in [0.1, 0.15) is 35.8 Å². The predicted octanol–water partition coefficient (Wildman–Crippen LogP) is 2.45. The molecule has 1 aliphatic rings. The first-order chi connectivity index (χ1) is 9.19. The lowest BCUT2D eigenvalue weighted by Gasteiger charge is -2.11. The molecule has 19 heavy (non-hydrogen) atoms. The van der Waals surface area contributed by atoms with Gasteiger partial charge in [0.15, 0.2) is 0 Å². The van der Waals surface area contributed by atoms with Gasteiger partial charge < -0.3 is 10.6 Å². The molecule has 4 nitrogen and oxygen atoms in total. The van der Waals surface area contributed by atoms with Gasteiger partial charge in [0.2, 0.25) is 0 Å². The second kappa shape index (κ2) is 6.80. The molecule has 1 fully saturated rings. The van der Waals surface area contributed by atoms with Gasteiger partial charge in [0, 0.05) is 29.6 Å². The van der Waals surface area contributed by atoms with Gasteiger partial charge >= 0.3 is 0 Å². The molecule has 1 aromatic heterocycles. The smallest absolute Gasteiger partial charge is 0.251 e. The summed E-state index contributed by atoms with van der Waals surface area (Å²) in [6, 6.07) is 3.64. The number of hydrogen-bond acceptors (Lipinski definition) is 4. The number of carbonyl (C=O) groups excluding carboxylic acids is 1. The Morgan fingerprint density at radius 3 is 3.05 bits per heavy atom. The Bertz CT molecular complexity index is 444. The fraction of sp³-hybridized carbons (Fsp3) is 0.571. The summed E-state index contributed by atoms with van der Waals surface area (Å²) in [4.78, 5) is 16.5.